The smallest absolute Gasteiger partial charge is 0.272 e. The van der Waals surface area contributed by atoms with E-state index in [2.05, 4.69) is 10.3 Å². The topological polar surface area (TPSA) is 110 Å². The summed E-state index contributed by atoms with van der Waals surface area (Å²) in [6, 6.07) is 0. The molecule has 0 bridgehead atoms. The Balaban J connectivity index is 3.11. The summed E-state index contributed by atoms with van der Waals surface area (Å²) in [5.41, 5.74) is 0.137. The Morgan fingerprint density at radius 1 is 1.30 bits per heavy atom. The molecule has 0 aliphatic heterocycles. The predicted octanol–water partition coefficient (Wildman–Crippen LogP) is 1.14. The summed E-state index contributed by atoms with van der Waals surface area (Å²) in [5, 5.41) is 2.26. The van der Waals surface area contributed by atoms with Gasteiger partial charge in [-0.2, -0.15) is 0 Å². The predicted molar refractivity (Wildman–Crippen MR) is 77.4 cm³/mol. The van der Waals surface area contributed by atoms with Crippen LogP contribution in [0, 0.1) is 6.92 Å². The summed E-state index contributed by atoms with van der Waals surface area (Å²) in [6.07, 6.45) is 0.939. The zero-order valence-electron chi connectivity index (χ0n) is 11.1. The van der Waals surface area contributed by atoms with Crippen molar-refractivity contribution < 1.29 is 21.6 Å². The second-order valence-corrected chi connectivity index (χ2v) is 10.9. The number of amides is 1. The van der Waals surface area contributed by atoms with Gasteiger partial charge in [-0.25, -0.2) is 21.8 Å². The van der Waals surface area contributed by atoms with E-state index in [0.717, 1.165) is 6.26 Å². The lowest BCUT2D eigenvalue weighted by Gasteiger charge is -2.20. The van der Waals surface area contributed by atoms with Crippen LogP contribution in [-0.4, -0.2) is 38.7 Å². The Hall–Kier alpha value is -0.710. The monoisotopic (exact) mass is 360 g/mol. The van der Waals surface area contributed by atoms with Gasteiger partial charge in [-0.3, -0.25) is 4.79 Å². The minimum absolute atomic E-state index is 0.0246. The first-order chi connectivity index (χ1) is 8.76. The van der Waals surface area contributed by atoms with Crippen LogP contribution in [0.15, 0.2) is 4.21 Å². The maximum atomic E-state index is 11.9. The van der Waals surface area contributed by atoms with Gasteiger partial charge in [0.25, 0.3) is 9.05 Å². The first kappa shape index (κ1) is 17.3. The normalized spacial score (nSPS) is 13.2. The van der Waals surface area contributed by atoms with Crippen molar-refractivity contribution in [2.75, 3.05) is 11.6 Å². The molecule has 0 aliphatic carbocycles. The van der Waals surface area contributed by atoms with Crippen LogP contribution in [0.3, 0.4) is 0 Å². The molecule has 0 atom stereocenters. The number of aryl methyl sites for hydroxylation is 1. The van der Waals surface area contributed by atoms with E-state index in [1.165, 1.54) is 20.8 Å². The van der Waals surface area contributed by atoms with Gasteiger partial charge in [0.15, 0.2) is 19.2 Å². The molecule has 1 N–H and O–H groups in total. The van der Waals surface area contributed by atoms with Crippen LogP contribution < -0.4 is 5.32 Å². The average Bonchev–Trinajstić information content (AvgIpc) is 2.57. The number of nitrogens with one attached hydrogen (secondary N) is 1. The number of sulfone groups is 1. The largest absolute Gasteiger partial charge is 0.301 e. The maximum absolute atomic E-state index is 11.9. The summed E-state index contributed by atoms with van der Waals surface area (Å²) in [6.45, 7) is 3.91. The molecule has 0 saturated carbocycles. The van der Waals surface area contributed by atoms with Crippen LogP contribution in [-0.2, 0) is 23.7 Å². The summed E-state index contributed by atoms with van der Waals surface area (Å²) < 4.78 is 43.7. The SMILES string of the molecule is Cc1nc(NC(=O)C(C)(C)S(C)(=O)=O)sc1S(=O)(=O)Cl. The summed E-state index contributed by atoms with van der Waals surface area (Å²) in [7, 11) is -2.38. The van der Waals surface area contributed by atoms with Crippen molar-refractivity contribution in [1.29, 1.82) is 0 Å². The number of carbonyl (C=O) groups excluding carboxylic acids is 1. The standard InChI is InChI=1S/C9H13ClN2O5S3/c1-5-6(20(10,16)17)18-8(11-5)12-7(13)9(2,3)19(4,14)15/h1-4H3,(H,11,12,13). The Morgan fingerprint density at radius 2 is 1.80 bits per heavy atom. The summed E-state index contributed by atoms with van der Waals surface area (Å²) >= 11 is 0.664. The molecule has 11 heteroatoms. The van der Waals surface area contributed by atoms with E-state index in [-0.39, 0.29) is 15.0 Å². The van der Waals surface area contributed by atoms with E-state index in [1.807, 2.05) is 0 Å². The Labute approximate surface area is 125 Å². The molecule has 1 aromatic heterocycles. The fourth-order valence-electron chi connectivity index (χ4n) is 1.08. The number of aromatic nitrogens is 1. The number of thiazole rings is 1. The first-order valence-corrected chi connectivity index (χ1v) is 10.2. The molecule has 20 heavy (non-hydrogen) atoms. The molecule has 0 unspecified atom stereocenters. The molecule has 1 aromatic rings. The van der Waals surface area contributed by atoms with E-state index in [4.69, 9.17) is 10.7 Å². The molecule has 0 fully saturated rings. The highest BCUT2D eigenvalue weighted by molar-refractivity contribution is 8.15. The van der Waals surface area contributed by atoms with Crippen molar-refractivity contribution >= 4 is 51.9 Å². The third-order valence-electron chi connectivity index (χ3n) is 2.67. The minimum atomic E-state index is -3.95. The van der Waals surface area contributed by atoms with Crippen molar-refractivity contribution in [2.24, 2.45) is 0 Å². The molecule has 7 nitrogen and oxygen atoms in total. The minimum Gasteiger partial charge on any atom is -0.301 e. The molecule has 0 aromatic carbocycles. The van der Waals surface area contributed by atoms with Crippen molar-refractivity contribution in [2.45, 2.75) is 29.7 Å². The Kier molecular flexibility index (Phi) is 4.55. The highest BCUT2D eigenvalue weighted by atomic mass is 35.7. The number of nitrogens with zero attached hydrogens (tertiary/aromatic N) is 1. The zero-order valence-corrected chi connectivity index (χ0v) is 14.3. The third-order valence-corrected chi connectivity index (χ3v) is 7.96. The molecule has 0 saturated heterocycles. The van der Waals surface area contributed by atoms with E-state index in [9.17, 15) is 21.6 Å². The van der Waals surface area contributed by atoms with Gasteiger partial charge in [-0.15, -0.1) is 0 Å². The lowest BCUT2D eigenvalue weighted by atomic mass is 10.2. The van der Waals surface area contributed by atoms with E-state index in [1.54, 1.807) is 0 Å². The molecule has 1 amide bonds. The quantitative estimate of drug-likeness (QED) is 0.806. The zero-order chi connectivity index (χ0) is 15.9. The molecule has 114 valence electrons. The van der Waals surface area contributed by atoms with Gasteiger partial charge in [0.2, 0.25) is 5.91 Å². The summed E-state index contributed by atoms with van der Waals surface area (Å²) in [4.78, 5) is 15.8. The van der Waals surface area contributed by atoms with Gasteiger partial charge >= 0.3 is 0 Å². The van der Waals surface area contributed by atoms with Crippen LogP contribution in [0.2, 0.25) is 0 Å². The lowest BCUT2D eigenvalue weighted by molar-refractivity contribution is -0.117. The van der Waals surface area contributed by atoms with Crippen LogP contribution in [0.5, 0.6) is 0 Å². The number of halogens is 1. The highest BCUT2D eigenvalue weighted by Gasteiger charge is 2.39. The Bertz CT molecular complexity index is 749. The second-order valence-electron chi connectivity index (χ2n) is 4.57. The number of hydrogen-bond acceptors (Lipinski definition) is 7. The van der Waals surface area contributed by atoms with E-state index >= 15 is 0 Å². The van der Waals surface area contributed by atoms with Gasteiger partial charge in [0.1, 0.15) is 4.75 Å². The highest BCUT2D eigenvalue weighted by Crippen LogP contribution is 2.30. The molecular formula is C9H13ClN2O5S3. The number of carbonyl (C=O) groups is 1. The molecule has 1 heterocycles. The second kappa shape index (κ2) is 5.24. The lowest BCUT2D eigenvalue weighted by Crippen LogP contribution is -2.43. The molecular weight excluding hydrogens is 348 g/mol. The van der Waals surface area contributed by atoms with Gasteiger partial charge in [0, 0.05) is 16.9 Å². The maximum Gasteiger partial charge on any atom is 0.272 e. The van der Waals surface area contributed by atoms with Gasteiger partial charge < -0.3 is 5.32 Å². The van der Waals surface area contributed by atoms with Crippen LogP contribution in [0.4, 0.5) is 5.13 Å². The number of hydrogen-bond donors (Lipinski definition) is 1. The van der Waals surface area contributed by atoms with Crippen LogP contribution >= 0.6 is 22.0 Å². The average molecular weight is 361 g/mol. The van der Waals surface area contributed by atoms with Crippen molar-refractivity contribution in [3.8, 4) is 0 Å². The third kappa shape index (κ3) is 3.48. The van der Waals surface area contributed by atoms with Gasteiger partial charge in [-0.05, 0) is 20.8 Å². The van der Waals surface area contributed by atoms with Crippen molar-refractivity contribution in [3.63, 3.8) is 0 Å². The Morgan fingerprint density at radius 3 is 2.15 bits per heavy atom. The van der Waals surface area contributed by atoms with Crippen LogP contribution in [0.1, 0.15) is 19.5 Å². The molecule has 1 rings (SSSR count). The van der Waals surface area contributed by atoms with Crippen molar-refractivity contribution in [3.05, 3.63) is 5.69 Å². The fraction of sp³-hybridized carbons (Fsp3) is 0.556. The molecule has 0 aliphatic rings. The summed E-state index contributed by atoms with van der Waals surface area (Å²) in [5.74, 6) is -0.799. The molecule has 0 spiro atoms. The first-order valence-electron chi connectivity index (χ1n) is 5.20. The van der Waals surface area contributed by atoms with Crippen LogP contribution in [0.25, 0.3) is 0 Å². The fourth-order valence-corrected chi connectivity index (χ4v) is 3.81. The van der Waals surface area contributed by atoms with E-state index < -0.39 is 29.5 Å². The number of anilines is 1. The van der Waals surface area contributed by atoms with Gasteiger partial charge in [0.05, 0.1) is 5.69 Å². The van der Waals surface area contributed by atoms with E-state index in [0.29, 0.717) is 11.3 Å². The molecule has 0 radical (unpaired) electrons. The van der Waals surface area contributed by atoms with Gasteiger partial charge in [-0.1, -0.05) is 11.3 Å². The number of rotatable bonds is 4. The van der Waals surface area contributed by atoms with Crippen molar-refractivity contribution in [1.82, 2.24) is 4.98 Å².